The van der Waals surface area contributed by atoms with E-state index in [4.69, 9.17) is 14.2 Å². The highest BCUT2D eigenvalue weighted by atomic mass is 16.5. The predicted molar refractivity (Wildman–Crippen MR) is 105 cm³/mol. The molecule has 7 heteroatoms. The second kappa shape index (κ2) is 8.88. The van der Waals surface area contributed by atoms with Crippen molar-refractivity contribution in [3.8, 4) is 17.2 Å². The first-order valence-corrected chi connectivity index (χ1v) is 9.51. The average molecular weight is 375 g/mol. The Hall–Kier alpha value is -2.57. The number of fused-ring (bicyclic) bond motifs is 1. The first-order chi connectivity index (χ1) is 13.2. The summed E-state index contributed by atoms with van der Waals surface area (Å²) in [6, 6.07) is 2.11. The fraction of sp³-hybridized carbons (Fsp3) is 0.550. The molecule has 7 nitrogen and oxygen atoms in total. The van der Waals surface area contributed by atoms with Gasteiger partial charge in [0, 0.05) is 30.2 Å². The van der Waals surface area contributed by atoms with Gasteiger partial charge < -0.3 is 29.8 Å². The molecule has 3 N–H and O–H groups in total. The SMILES string of the molecule is COc1cc2[nH]cc(CCNC(=O)NC3CCCCC3)c2c(OC)c1OC. The topological polar surface area (TPSA) is 84.6 Å². The molecule has 0 saturated heterocycles. The summed E-state index contributed by atoms with van der Waals surface area (Å²) in [6.45, 7) is 0.545. The molecule has 0 aliphatic heterocycles. The minimum absolute atomic E-state index is 0.0899. The molecule has 1 aliphatic rings. The Morgan fingerprint density at radius 3 is 2.52 bits per heavy atom. The number of methoxy groups -OCH3 is 3. The number of aromatic nitrogens is 1. The molecule has 3 rings (SSSR count). The molecule has 0 unspecified atom stereocenters. The van der Waals surface area contributed by atoms with Gasteiger partial charge in [-0.05, 0) is 24.8 Å². The Kier molecular flexibility index (Phi) is 6.32. The number of ether oxygens (including phenoxy) is 3. The van der Waals surface area contributed by atoms with Gasteiger partial charge in [0.25, 0.3) is 0 Å². The van der Waals surface area contributed by atoms with Crippen LogP contribution in [-0.2, 0) is 6.42 Å². The number of rotatable bonds is 7. The van der Waals surface area contributed by atoms with Crippen molar-refractivity contribution in [3.63, 3.8) is 0 Å². The van der Waals surface area contributed by atoms with Crippen molar-refractivity contribution in [2.45, 2.75) is 44.6 Å². The van der Waals surface area contributed by atoms with Gasteiger partial charge in [-0.3, -0.25) is 0 Å². The molecular weight excluding hydrogens is 346 g/mol. The number of aromatic amines is 1. The van der Waals surface area contributed by atoms with Crippen LogP contribution in [0.4, 0.5) is 4.79 Å². The number of amides is 2. The Labute approximate surface area is 159 Å². The van der Waals surface area contributed by atoms with E-state index >= 15 is 0 Å². The minimum Gasteiger partial charge on any atom is -0.493 e. The van der Waals surface area contributed by atoms with E-state index in [0.29, 0.717) is 36.3 Å². The van der Waals surface area contributed by atoms with Crippen LogP contribution in [0.15, 0.2) is 12.3 Å². The lowest BCUT2D eigenvalue weighted by atomic mass is 9.96. The molecule has 2 aromatic rings. The van der Waals surface area contributed by atoms with Crippen molar-refractivity contribution in [1.29, 1.82) is 0 Å². The quantitative estimate of drug-likeness (QED) is 0.693. The maximum absolute atomic E-state index is 12.1. The summed E-state index contributed by atoms with van der Waals surface area (Å²) in [4.78, 5) is 15.4. The summed E-state index contributed by atoms with van der Waals surface area (Å²) < 4.78 is 16.5. The van der Waals surface area contributed by atoms with Gasteiger partial charge in [-0.2, -0.15) is 0 Å². The number of hydrogen-bond donors (Lipinski definition) is 3. The highest BCUT2D eigenvalue weighted by molar-refractivity contribution is 5.94. The van der Waals surface area contributed by atoms with E-state index in [-0.39, 0.29) is 6.03 Å². The Morgan fingerprint density at radius 2 is 1.85 bits per heavy atom. The summed E-state index contributed by atoms with van der Waals surface area (Å²) in [6.07, 6.45) is 8.45. The van der Waals surface area contributed by atoms with E-state index in [1.165, 1.54) is 19.3 Å². The highest BCUT2D eigenvalue weighted by Gasteiger charge is 2.20. The molecule has 0 spiro atoms. The lowest BCUT2D eigenvalue weighted by Gasteiger charge is -2.22. The van der Waals surface area contributed by atoms with Gasteiger partial charge in [-0.1, -0.05) is 19.3 Å². The second-order valence-corrected chi connectivity index (χ2v) is 6.87. The first kappa shape index (κ1) is 19.2. The molecule has 1 aliphatic carbocycles. The van der Waals surface area contributed by atoms with Gasteiger partial charge in [-0.15, -0.1) is 0 Å². The molecule has 0 radical (unpaired) electrons. The number of carbonyl (C=O) groups is 1. The summed E-state index contributed by atoms with van der Waals surface area (Å²) in [5, 5.41) is 6.98. The number of hydrogen-bond acceptors (Lipinski definition) is 4. The molecule has 0 atom stereocenters. The van der Waals surface area contributed by atoms with Crippen LogP contribution in [0, 0.1) is 0 Å². The van der Waals surface area contributed by atoms with Crippen molar-refractivity contribution in [2.24, 2.45) is 0 Å². The maximum atomic E-state index is 12.1. The highest BCUT2D eigenvalue weighted by Crippen LogP contribution is 2.44. The third kappa shape index (κ3) is 4.23. The average Bonchev–Trinajstić information content (AvgIpc) is 3.09. The van der Waals surface area contributed by atoms with Crippen LogP contribution < -0.4 is 24.8 Å². The number of H-pyrrole nitrogens is 1. The van der Waals surface area contributed by atoms with Crippen molar-refractivity contribution >= 4 is 16.9 Å². The van der Waals surface area contributed by atoms with Gasteiger partial charge in [0.15, 0.2) is 11.5 Å². The van der Waals surface area contributed by atoms with Gasteiger partial charge in [0.2, 0.25) is 5.75 Å². The molecule has 2 amide bonds. The molecule has 1 saturated carbocycles. The molecular formula is C20H29N3O4. The van der Waals surface area contributed by atoms with Crippen LogP contribution in [0.25, 0.3) is 10.9 Å². The molecule has 148 valence electrons. The predicted octanol–water partition coefficient (Wildman–Crippen LogP) is 3.37. The van der Waals surface area contributed by atoms with Crippen molar-refractivity contribution in [1.82, 2.24) is 15.6 Å². The second-order valence-electron chi connectivity index (χ2n) is 6.87. The van der Waals surface area contributed by atoms with Gasteiger partial charge in [0.1, 0.15) is 0 Å². The number of benzene rings is 1. The third-order valence-electron chi connectivity index (χ3n) is 5.17. The van der Waals surface area contributed by atoms with E-state index < -0.39 is 0 Å². The van der Waals surface area contributed by atoms with Crippen LogP contribution in [0.2, 0.25) is 0 Å². The molecule has 0 bridgehead atoms. The third-order valence-corrected chi connectivity index (χ3v) is 5.17. The summed E-state index contributed by atoms with van der Waals surface area (Å²) in [5.41, 5.74) is 1.96. The van der Waals surface area contributed by atoms with Gasteiger partial charge in [-0.25, -0.2) is 4.79 Å². The van der Waals surface area contributed by atoms with E-state index in [1.54, 1.807) is 21.3 Å². The monoisotopic (exact) mass is 375 g/mol. The largest absolute Gasteiger partial charge is 0.493 e. The van der Waals surface area contributed by atoms with Crippen molar-refractivity contribution in [3.05, 3.63) is 17.8 Å². The lowest BCUT2D eigenvalue weighted by Crippen LogP contribution is -2.43. The van der Waals surface area contributed by atoms with Crippen LogP contribution in [0.3, 0.4) is 0 Å². The van der Waals surface area contributed by atoms with Crippen molar-refractivity contribution in [2.75, 3.05) is 27.9 Å². The number of urea groups is 1. The molecule has 1 fully saturated rings. The van der Waals surface area contributed by atoms with E-state index in [0.717, 1.165) is 29.3 Å². The Morgan fingerprint density at radius 1 is 1.11 bits per heavy atom. The molecule has 27 heavy (non-hydrogen) atoms. The molecule has 1 aromatic carbocycles. The first-order valence-electron chi connectivity index (χ1n) is 9.51. The molecule has 1 aromatic heterocycles. The fourth-order valence-electron chi connectivity index (χ4n) is 3.82. The standard InChI is InChI=1S/C20H29N3O4/c1-25-16-11-15-17(19(27-3)18(16)26-2)13(12-22-15)9-10-21-20(24)23-14-7-5-4-6-8-14/h11-12,14,22H,4-10H2,1-3H3,(H2,21,23,24). The van der Waals surface area contributed by atoms with Crippen molar-refractivity contribution < 1.29 is 19.0 Å². The van der Waals surface area contributed by atoms with Crippen LogP contribution in [0.1, 0.15) is 37.7 Å². The summed E-state index contributed by atoms with van der Waals surface area (Å²) >= 11 is 0. The smallest absolute Gasteiger partial charge is 0.315 e. The van der Waals surface area contributed by atoms with E-state index in [9.17, 15) is 4.79 Å². The zero-order valence-corrected chi connectivity index (χ0v) is 16.3. The molecule has 1 heterocycles. The van der Waals surface area contributed by atoms with Gasteiger partial charge in [0.05, 0.1) is 26.8 Å². The lowest BCUT2D eigenvalue weighted by molar-refractivity contribution is 0.233. The summed E-state index contributed by atoms with van der Waals surface area (Å²) in [7, 11) is 4.81. The van der Waals surface area contributed by atoms with Crippen LogP contribution in [0.5, 0.6) is 17.2 Å². The van der Waals surface area contributed by atoms with Crippen LogP contribution in [-0.4, -0.2) is 44.9 Å². The number of carbonyl (C=O) groups excluding carboxylic acids is 1. The Balaban J connectivity index is 1.67. The summed E-state index contributed by atoms with van der Waals surface area (Å²) in [5.74, 6) is 1.81. The Bertz CT molecular complexity index is 781. The van der Waals surface area contributed by atoms with Crippen LogP contribution >= 0.6 is 0 Å². The maximum Gasteiger partial charge on any atom is 0.315 e. The normalized spacial score (nSPS) is 14.8. The van der Waals surface area contributed by atoms with E-state index in [2.05, 4.69) is 15.6 Å². The van der Waals surface area contributed by atoms with Gasteiger partial charge >= 0.3 is 6.03 Å². The minimum atomic E-state index is -0.0899. The van der Waals surface area contributed by atoms with E-state index in [1.807, 2.05) is 12.3 Å². The fourth-order valence-corrected chi connectivity index (χ4v) is 3.82. The zero-order valence-electron chi connectivity index (χ0n) is 16.3. The zero-order chi connectivity index (χ0) is 19.2. The number of nitrogens with one attached hydrogen (secondary N) is 3.